The number of nitrogens with two attached hydrogens (primary N) is 1. The predicted molar refractivity (Wildman–Crippen MR) is 119 cm³/mol. The van der Waals surface area contributed by atoms with Crippen LogP contribution in [-0.2, 0) is 13.0 Å². The average molecular weight is 423 g/mol. The van der Waals surface area contributed by atoms with Gasteiger partial charge in [-0.15, -0.1) is 11.3 Å². The highest BCUT2D eigenvalue weighted by Crippen LogP contribution is 2.26. The summed E-state index contributed by atoms with van der Waals surface area (Å²) < 4.78 is 0. The largest absolute Gasteiger partial charge is 0.387 e. The molecule has 1 amide bonds. The zero-order valence-electron chi connectivity index (χ0n) is 16.6. The molecule has 0 spiro atoms. The lowest BCUT2D eigenvalue weighted by molar-refractivity contribution is 0.0950. The fourth-order valence-corrected chi connectivity index (χ4v) is 4.46. The Morgan fingerprint density at radius 1 is 1.20 bits per heavy atom. The Balaban J connectivity index is 1.28. The van der Waals surface area contributed by atoms with E-state index in [-0.39, 0.29) is 11.9 Å². The van der Waals surface area contributed by atoms with Crippen LogP contribution in [0.4, 0.5) is 5.13 Å². The summed E-state index contributed by atoms with van der Waals surface area (Å²) in [4.78, 5) is 16.5. The van der Waals surface area contributed by atoms with Crippen LogP contribution in [0.3, 0.4) is 0 Å². The quantitative estimate of drug-likeness (QED) is 0.469. The summed E-state index contributed by atoms with van der Waals surface area (Å²) in [5.74, 6) is -0.127. The zero-order chi connectivity index (χ0) is 20.9. The molecule has 30 heavy (non-hydrogen) atoms. The van der Waals surface area contributed by atoms with Gasteiger partial charge < -0.3 is 21.5 Å². The first-order chi connectivity index (χ1) is 14.6. The van der Waals surface area contributed by atoms with E-state index in [0.717, 1.165) is 30.5 Å². The first-order valence-corrected chi connectivity index (χ1v) is 11.0. The average Bonchev–Trinajstić information content (AvgIpc) is 3.41. The molecule has 6 nitrogen and oxygen atoms in total. The number of aromatic nitrogens is 1. The smallest absolute Gasteiger partial charge is 0.251 e. The van der Waals surface area contributed by atoms with E-state index >= 15 is 0 Å². The van der Waals surface area contributed by atoms with Gasteiger partial charge in [-0.3, -0.25) is 4.79 Å². The van der Waals surface area contributed by atoms with Crippen molar-refractivity contribution in [3.63, 3.8) is 0 Å². The molecule has 3 atom stereocenters. The lowest BCUT2D eigenvalue weighted by atomic mass is 10.0. The number of aliphatic hydroxyl groups excluding tert-OH is 1. The van der Waals surface area contributed by atoms with Gasteiger partial charge in [0, 0.05) is 23.0 Å². The molecule has 3 aromatic rings. The second-order valence-corrected chi connectivity index (χ2v) is 8.55. The number of nitrogen functional groups attached to an aromatic ring is 1. The maximum atomic E-state index is 12.3. The normalized spacial score (nSPS) is 19.5. The first-order valence-electron chi connectivity index (χ1n) is 10.1. The Kier molecular flexibility index (Phi) is 6.42. The Morgan fingerprint density at radius 3 is 2.67 bits per heavy atom. The maximum Gasteiger partial charge on any atom is 0.251 e. The predicted octanol–water partition coefficient (Wildman–Crippen LogP) is 3.05. The molecule has 1 aliphatic heterocycles. The SMILES string of the molecule is Nc1nc(CNC(=O)c2ccc(C[C@@H]3CC[C@H]([C@H](O)c4ccccc4)N3)cc2)cs1. The minimum Gasteiger partial charge on any atom is -0.387 e. The van der Waals surface area contributed by atoms with Crippen molar-refractivity contribution < 1.29 is 9.90 Å². The Morgan fingerprint density at radius 2 is 1.97 bits per heavy atom. The van der Waals surface area contributed by atoms with Crippen LogP contribution >= 0.6 is 11.3 Å². The van der Waals surface area contributed by atoms with Crippen LogP contribution in [0.15, 0.2) is 60.0 Å². The van der Waals surface area contributed by atoms with E-state index in [1.807, 2.05) is 60.0 Å². The number of carbonyl (C=O) groups excluding carboxylic acids is 1. The lowest BCUT2D eigenvalue weighted by Gasteiger charge is -2.20. The number of anilines is 1. The minimum absolute atomic E-state index is 0.0715. The summed E-state index contributed by atoms with van der Waals surface area (Å²) in [6.45, 7) is 0.366. The second kappa shape index (κ2) is 9.38. The van der Waals surface area contributed by atoms with Crippen molar-refractivity contribution in [1.82, 2.24) is 15.6 Å². The fraction of sp³-hybridized carbons (Fsp3) is 0.304. The molecular formula is C23H26N4O2S. The summed E-state index contributed by atoms with van der Waals surface area (Å²) in [5, 5.41) is 19.4. The Labute approximate surface area is 180 Å². The molecule has 2 aromatic carbocycles. The monoisotopic (exact) mass is 422 g/mol. The molecule has 4 rings (SSSR count). The Hall–Kier alpha value is -2.74. The third-order valence-electron chi connectivity index (χ3n) is 5.50. The molecule has 1 fully saturated rings. The molecular weight excluding hydrogens is 396 g/mol. The van der Waals surface area contributed by atoms with Gasteiger partial charge >= 0.3 is 0 Å². The van der Waals surface area contributed by atoms with E-state index in [9.17, 15) is 9.90 Å². The molecule has 0 aliphatic carbocycles. The molecule has 0 radical (unpaired) electrons. The van der Waals surface area contributed by atoms with Crippen LogP contribution in [-0.4, -0.2) is 28.1 Å². The molecule has 0 saturated carbocycles. The molecule has 5 N–H and O–H groups in total. The molecule has 1 aliphatic rings. The summed E-state index contributed by atoms with van der Waals surface area (Å²) >= 11 is 1.36. The standard InChI is InChI=1S/C23H26N4O2S/c24-23-27-19(14-30-23)13-25-22(29)17-8-6-15(7-9-17)12-18-10-11-20(26-18)21(28)16-4-2-1-3-5-16/h1-9,14,18,20-21,26,28H,10-13H2,(H2,24,27)(H,25,29)/t18-,20+,21+/m0/s1. The van der Waals surface area contributed by atoms with Crippen LogP contribution in [0.2, 0.25) is 0 Å². The van der Waals surface area contributed by atoms with Gasteiger partial charge in [0.2, 0.25) is 0 Å². The molecule has 0 bridgehead atoms. The van der Waals surface area contributed by atoms with E-state index in [1.165, 1.54) is 16.9 Å². The molecule has 156 valence electrons. The van der Waals surface area contributed by atoms with E-state index in [4.69, 9.17) is 5.73 Å². The van der Waals surface area contributed by atoms with Crippen molar-refractivity contribution in [1.29, 1.82) is 0 Å². The summed E-state index contributed by atoms with van der Waals surface area (Å²) in [7, 11) is 0. The van der Waals surface area contributed by atoms with Gasteiger partial charge in [0.15, 0.2) is 5.13 Å². The lowest BCUT2D eigenvalue weighted by Crippen LogP contribution is -2.35. The van der Waals surface area contributed by atoms with Gasteiger partial charge in [0.25, 0.3) is 5.91 Å². The Bertz CT molecular complexity index is 974. The highest BCUT2D eigenvalue weighted by molar-refractivity contribution is 7.13. The van der Waals surface area contributed by atoms with Gasteiger partial charge in [0.1, 0.15) is 0 Å². The molecule has 1 saturated heterocycles. The summed E-state index contributed by atoms with van der Waals surface area (Å²) in [5.41, 5.74) is 9.12. The molecule has 2 heterocycles. The number of hydrogen-bond acceptors (Lipinski definition) is 6. The number of nitrogens with zero attached hydrogens (tertiary/aromatic N) is 1. The van der Waals surface area contributed by atoms with E-state index in [0.29, 0.717) is 23.3 Å². The van der Waals surface area contributed by atoms with Crippen molar-refractivity contribution >= 4 is 22.4 Å². The van der Waals surface area contributed by atoms with Gasteiger partial charge in [-0.2, -0.15) is 0 Å². The second-order valence-electron chi connectivity index (χ2n) is 7.66. The van der Waals surface area contributed by atoms with Crippen molar-refractivity contribution in [2.24, 2.45) is 0 Å². The minimum atomic E-state index is -0.490. The number of nitrogens with one attached hydrogen (secondary N) is 2. The van der Waals surface area contributed by atoms with Crippen LogP contribution < -0.4 is 16.4 Å². The number of rotatable bonds is 7. The molecule has 1 aromatic heterocycles. The molecule has 0 unspecified atom stereocenters. The number of thiazole rings is 1. The third-order valence-corrected chi connectivity index (χ3v) is 6.22. The van der Waals surface area contributed by atoms with Gasteiger partial charge in [-0.05, 0) is 42.5 Å². The third kappa shape index (κ3) is 5.05. The number of carbonyl (C=O) groups is 1. The summed E-state index contributed by atoms with van der Waals surface area (Å²) in [6.07, 6.45) is 2.35. The van der Waals surface area contributed by atoms with Crippen molar-refractivity contribution in [2.75, 3.05) is 5.73 Å². The maximum absolute atomic E-state index is 12.3. The fourth-order valence-electron chi connectivity index (χ4n) is 3.90. The number of benzene rings is 2. The van der Waals surface area contributed by atoms with Crippen LogP contribution in [0, 0.1) is 0 Å². The van der Waals surface area contributed by atoms with Crippen molar-refractivity contribution in [3.8, 4) is 0 Å². The van der Waals surface area contributed by atoms with Gasteiger partial charge in [0.05, 0.1) is 18.3 Å². The van der Waals surface area contributed by atoms with Gasteiger partial charge in [-0.25, -0.2) is 4.98 Å². The highest BCUT2D eigenvalue weighted by Gasteiger charge is 2.29. The summed E-state index contributed by atoms with van der Waals surface area (Å²) in [6, 6.07) is 17.9. The van der Waals surface area contributed by atoms with E-state index in [1.54, 1.807) is 0 Å². The van der Waals surface area contributed by atoms with Crippen LogP contribution in [0.1, 0.15) is 46.1 Å². The number of amides is 1. The van der Waals surface area contributed by atoms with E-state index in [2.05, 4.69) is 15.6 Å². The van der Waals surface area contributed by atoms with Crippen molar-refractivity contribution in [3.05, 3.63) is 82.4 Å². The van der Waals surface area contributed by atoms with Crippen LogP contribution in [0.5, 0.6) is 0 Å². The van der Waals surface area contributed by atoms with Crippen molar-refractivity contribution in [2.45, 2.75) is 44.0 Å². The van der Waals surface area contributed by atoms with E-state index < -0.39 is 6.10 Å². The number of aliphatic hydroxyl groups is 1. The number of hydrogen-bond donors (Lipinski definition) is 4. The topological polar surface area (TPSA) is 100 Å². The van der Waals surface area contributed by atoms with Gasteiger partial charge in [-0.1, -0.05) is 42.5 Å². The first kappa shape index (κ1) is 20.5. The highest BCUT2D eigenvalue weighted by atomic mass is 32.1. The molecule has 7 heteroatoms. The van der Waals surface area contributed by atoms with Crippen LogP contribution in [0.25, 0.3) is 0 Å². The zero-order valence-corrected chi connectivity index (χ0v) is 17.4.